The van der Waals surface area contributed by atoms with Crippen LogP contribution in [0.25, 0.3) is 0 Å². The Morgan fingerprint density at radius 1 is 1.17 bits per heavy atom. The number of nitrogens with one attached hydrogen (secondary N) is 1. The Balaban J connectivity index is 1.97. The first-order valence-corrected chi connectivity index (χ1v) is 10.2. The van der Waals surface area contributed by atoms with Crippen LogP contribution in [0.1, 0.15) is 44.1 Å². The molecule has 7 heteroatoms. The molecule has 1 aromatic rings. The number of hydrogen-bond donors (Lipinski definition) is 1. The number of carbonyl (C=O) groups is 1. The highest BCUT2D eigenvalue weighted by Gasteiger charge is 2.22. The van der Waals surface area contributed by atoms with E-state index in [0.29, 0.717) is 5.56 Å². The molecule has 5 nitrogen and oxygen atoms in total. The highest BCUT2D eigenvalue weighted by molar-refractivity contribution is 7.88. The first-order valence-electron chi connectivity index (χ1n) is 8.33. The molecule has 0 heterocycles. The standard InChI is InChI=1S/C17H25FN2O3S/c1-24(22,23)20(12-14-8-10-15(18)11-9-14)13-17(21)19-16-6-4-2-3-5-7-16/h8-11,16H,2-7,12-13H2,1H3,(H,19,21). The van der Waals surface area contributed by atoms with Crippen molar-refractivity contribution in [3.8, 4) is 0 Å². The smallest absolute Gasteiger partial charge is 0.235 e. The second-order valence-electron chi connectivity index (χ2n) is 6.41. The summed E-state index contributed by atoms with van der Waals surface area (Å²) in [5, 5.41) is 2.95. The molecule has 0 saturated heterocycles. The molecular weight excluding hydrogens is 331 g/mol. The van der Waals surface area contributed by atoms with Crippen LogP contribution in [0, 0.1) is 5.82 Å². The fourth-order valence-electron chi connectivity index (χ4n) is 2.94. The minimum atomic E-state index is -3.54. The van der Waals surface area contributed by atoms with Gasteiger partial charge in [-0.1, -0.05) is 37.8 Å². The summed E-state index contributed by atoms with van der Waals surface area (Å²) in [7, 11) is -3.54. The van der Waals surface area contributed by atoms with Crippen molar-refractivity contribution in [1.82, 2.24) is 9.62 Å². The van der Waals surface area contributed by atoms with Gasteiger partial charge in [0.25, 0.3) is 0 Å². The van der Waals surface area contributed by atoms with Gasteiger partial charge in [-0.25, -0.2) is 12.8 Å². The van der Waals surface area contributed by atoms with E-state index in [1.807, 2.05) is 0 Å². The third-order valence-electron chi connectivity index (χ3n) is 4.28. The number of halogens is 1. The van der Waals surface area contributed by atoms with Crippen LogP contribution in [0.2, 0.25) is 0 Å². The summed E-state index contributed by atoms with van der Waals surface area (Å²) in [5.41, 5.74) is 0.643. The van der Waals surface area contributed by atoms with Gasteiger partial charge < -0.3 is 5.32 Å². The summed E-state index contributed by atoms with van der Waals surface area (Å²) < 4.78 is 38.0. The molecular formula is C17H25FN2O3S. The van der Waals surface area contributed by atoms with E-state index >= 15 is 0 Å². The molecule has 1 aromatic carbocycles. The Morgan fingerprint density at radius 2 is 1.75 bits per heavy atom. The van der Waals surface area contributed by atoms with Crippen LogP contribution in [0.15, 0.2) is 24.3 Å². The minimum Gasteiger partial charge on any atom is -0.352 e. The lowest BCUT2D eigenvalue weighted by Crippen LogP contribution is -2.43. The van der Waals surface area contributed by atoms with Gasteiger partial charge in [-0.15, -0.1) is 0 Å². The zero-order valence-electron chi connectivity index (χ0n) is 14.0. The van der Waals surface area contributed by atoms with Gasteiger partial charge in [0.2, 0.25) is 15.9 Å². The third kappa shape index (κ3) is 6.20. The van der Waals surface area contributed by atoms with E-state index in [4.69, 9.17) is 0 Å². The molecule has 0 bridgehead atoms. The van der Waals surface area contributed by atoms with Gasteiger partial charge in [0, 0.05) is 12.6 Å². The van der Waals surface area contributed by atoms with Crippen LogP contribution in [0.4, 0.5) is 4.39 Å². The summed E-state index contributed by atoms with van der Waals surface area (Å²) >= 11 is 0. The molecule has 1 saturated carbocycles. The summed E-state index contributed by atoms with van der Waals surface area (Å²) in [5.74, 6) is -0.662. The summed E-state index contributed by atoms with van der Waals surface area (Å²) in [6.45, 7) is -0.163. The maximum atomic E-state index is 13.0. The van der Waals surface area contributed by atoms with Gasteiger partial charge in [0.05, 0.1) is 12.8 Å². The second kappa shape index (κ2) is 8.58. The van der Waals surface area contributed by atoms with Gasteiger partial charge in [0.15, 0.2) is 0 Å². The van der Waals surface area contributed by atoms with E-state index in [2.05, 4.69) is 5.32 Å². The molecule has 1 N–H and O–H groups in total. The predicted octanol–water partition coefficient (Wildman–Crippen LogP) is 2.43. The highest BCUT2D eigenvalue weighted by Crippen LogP contribution is 2.17. The maximum Gasteiger partial charge on any atom is 0.235 e. The Labute approximate surface area is 143 Å². The minimum absolute atomic E-state index is 0.0528. The summed E-state index contributed by atoms with van der Waals surface area (Å²) in [4.78, 5) is 12.2. The number of carbonyl (C=O) groups excluding carboxylic acids is 1. The molecule has 0 atom stereocenters. The van der Waals surface area contributed by atoms with Gasteiger partial charge >= 0.3 is 0 Å². The highest BCUT2D eigenvalue weighted by atomic mass is 32.2. The predicted molar refractivity (Wildman–Crippen MR) is 91.3 cm³/mol. The molecule has 24 heavy (non-hydrogen) atoms. The van der Waals surface area contributed by atoms with E-state index in [1.165, 1.54) is 37.1 Å². The first kappa shape index (κ1) is 18.9. The topological polar surface area (TPSA) is 66.5 Å². The van der Waals surface area contributed by atoms with Gasteiger partial charge in [0.1, 0.15) is 5.82 Å². The van der Waals surface area contributed by atoms with Gasteiger partial charge in [-0.3, -0.25) is 4.79 Å². The number of rotatable bonds is 6. The molecule has 1 amide bonds. The van der Waals surface area contributed by atoms with Crippen molar-refractivity contribution in [2.45, 2.75) is 51.1 Å². The molecule has 0 unspecified atom stereocenters. The van der Waals surface area contributed by atoms with Crippen LogP contribution >= 0.6 is 0 Å². The SMILES string of the molecule is CS(=O)(=O)N(CC(=O)NC1CCCCCC1)Cc1ccc(F)cc1. The van der Waals surface area contributed by atoms with Gasteiger partial charge in [-0.05, 0) is 30.5 Å². The molecule has 134 valence electrons. The second-order valence-corrected chi connectivity index (χ2v) is 8.40. The maximum absolute atomic E-state index is 13.0. The van der Waals surface area contributed by atoms with Crippen LogP contribution in [-0.4, -0.2) is 37.5 Å². The Kier molecular flexibility index (Phi) is 6.74. The van der Waals surface area contributed by atoms with Crippen LogP contribution in [0.5, 0.6) is 0 Å². The van der Waals surface area contributed by atoms with Crippen molar-refractivity contribution < 1.29 is 17.6 Å². The number of benzene rings is 1. The number of nitrogens with zero attached hydrogens (tertiary/aromatic N) is 1. The summed E-state index contributed by atoms with van der Waals surface area (Å²) in [6, 6.07) is 5.74. The average molecular weight is 356 g/mol. The van der Waals surface area contributed by atoms with E-state index < -0.39 is 10.0 Å². The molecule has 0 aliphatic heterocycles. The molecule has 0 radical (unpaired) electrons. The Bertz CT molecular complexity index is 638. The average Bonchev–Trinajstić information content (AvgIpc) is 2.76. The number of hydrogen-bond acceptors (Lipinski definition) is 3. The first-order chi connectivity index (χ1) is 11.3. The zero-order chi connectivity index (χ0) is 17.6. The van der Waals surface area contributed by atoms with Crippen molar-refractivity contribution in [1.29, 1.82) is 0 Å². The van der Waals surface area contributed by atoms with E-state index in [9.17, 15) is 17.6 Å². The quantitative estimate of drug-likeness (QED) is 0.796. The molecule has 0 aromatic heterocycles. The Morgan fingerprint density at radius 3 is 2.29 bits per heavy atom. The fraction of sp³-hybridized carbons (Fsp3) is 0.588. The van der Waals surface area contributed by atoms with Gasteiger partial charge in [-0.2, -0.15) is 4.31 Å². The molecule has 1 aliphatic carbocycles. The largest absolute Gasteiger partial charge is 0.352 e. The lowest BCUT2D eigenvalue weighted by molar-refractivity contribution is -0.122. The van der Waals surface area contributed by atoms with Crippen molar-refractivity contribution in [3.63, 3.8) is 0 Å². The van der Waals surface area contributed by atoms with Crippen molar-refractivity contribution in [2.24, 2.45) is 0 Å². The molecule has 0 spiro atoms. The lowest BCUT2D eigenvalue weighted by atomic mass is 10.1. The molecule has 1 fully saturated rings. The van der Waals surface area contributed by atoms with Crippen molar-refractivity contribution in [3.05, 3.63) is 35.6 Å². The zero-order valence-corrected chi connectivity index (χ0v) is 14.8. The van der Waals surface area contributed by atoms with E-state index in [-0.39, 0.29) is 30.9 Å². The molecule has 1 aliphatic rings. The summed E-state index contributed by atoms with van der Waals surface area (Å²) in [6.07, 6.45) is 7.53. The van der Waals surface area contributed by atoms with Crippen LogP contribution in [-0.2, 0) is 21.4 Å². The Hall–Kier alpha value is -1.47. The van der Waals surface area contributed by atoms with Crippen molar-refractivity contribution >= 4 is 15.9 Å². The lowest BCUT2D eigenvalue weighted by Gasteiger charge is -2.22. The molecule has 2 rings (SSSR count). The normalized spacial score (nSPS) is 16.8. The monoisotopic (exact) mass is 356 g/mol. The number of amides is 1. The fourth-order valence-corrected chi connectivity index (χ4v) is 3.68. The van der Waals surface area contributed by atoms with E-state index in [1.54, 1.807) is 0 Å². The van der Waals surface area contributed by atoms with E-state index in [0.717, 1.165) is 36.2 Å². The number of sulfonamides is 1. The third-order valence-corrected chi connectivity index (χ3v) is 5.48. The van der Waals surface area contributed by atoms with Crippen LogP contribution < -0.4 is 5.32 Å². The van der Waals surface area contributed by atoms with Crippen molar-refractivity contribution in [2.75, 3.05) is 12.8 Å². The van der Waals surface area contributed by atoms with Crippen LogP contribution in [0.3, 0.4) is 0 Å².